The van der Waals surface area contributed by atoms with Gasteiger partial charge in [-0.3, -0.25) is 0 Å². The summed E-state index contributed by atoms with van der Waals surface area (Å²) in [4.78, 5) is 0. The zero-order chi connectivity index (χ0) is 10.8. The van der Waals surface area contributed by atoms with Gasteiger partial charge < -0.3 is 9.52 Å². The number of phenolic OH excluding ortho intramolecular Hbond substituents is 1. The third kappa shape index (κ3) is 2.42. The van der Waals surface area contributed by atoms with E-state index < -0.39 is 0 Å². The van der Waals surface area contributed by atoms with Crippen molar-refractivity contribution in [3.8, 4) is 5.75 Å². The Labute approximate surface area is 96.7 Å². The molecule has 0 spiro atoms. The molecule has 0 amide bonds. The highest BCUT2D eigenvalue weighted by Crippen LogP contribution is 2.24. The molecule has 0 unspecified atom stereocenters. The van der Waals surface area contributed by atoms with Crippen LogP contribution in [-0.2, 0) is 6.42 Å². The van der Waals surface area contributed by atoms with Crippen molar-refractivity contribution in [2.45, 2.75) is 13.3 Å². The second-order valence-corrected chi connectivity index (χ2v) is 4.38. The highest BCUT2D eigenvalue weighted by molar-refractivity contribution is 9.10. The van der Waals surface area contributed by atoms with Gasteiger partial charge in [-0.1, -0.05) is 15.9 Å². The van der Waals surface area contributed by atoms with Gasteiger partial charge in [0.05, 0.1) is 0 Å². The van der Waals surface area contributed by atoms with Crippen LogP contribution in [0.25, 0.3) is 0 Å². The Balaban J connectivity index is 2.27. The lowest BCUT2D eigenvalue weighted by Gasteiger charge is -2.02. The van der Waals surface area contributed by atoms with Crippen LogP contribution in [0, 0.1) is 6.92 Å². The van der Waals surface area contributed by atoms with Gasteiger partial charge in [0.25, 0.3) is 0 Å². The van der Waals surface area contributed by atoms with E-state index in [0.717, 1.165) is 21.6 Å². The first-order valence-corrected chi connectivity index (χ1v) is 5.47. The molecule has 0 saturated carbocycles. The quantitative estimate of drug-likeness (QED) is 0.901. The van der Waals surface area contributed by atoms with Crippen LogP contribution in [0.1, 0.15) is 17.1 Å². The van der Waals surface area contributed by atoms with Crippen molar-refractivity contribution in [2.24, 2.45) is 0 Å². The van der Waals surface area contributed by atoms with Crippen molar-refractivity contribution in [3.63, 3.8) is 0 Å². The van der Waals surface area contributed by atoms with E-state index in [0.29, 0.717) is 12.2 Å². The van der Waals surface area contributed by atoms with E-state index in [2.05, 4.69) is 15.9 Å². The summed E-state index contributed by atoms with van der Waals surface area (Å²) in [5.41, 5.74) is 0.860. The first-order chi connectivity index (χ1) is 7.15. The Bertz CT molecular complexity index is 474. The van der Waals surface area contributed by atoms with E-state index >= 15 is 0 Å². The average Bonchev–Trinajstić information content (AvgIpc) is 2.58. The van der Waals surface area contributed by atoms with Gasteiger partial charge in [-0.25, -0.2) is 0 Å². The molecule has 0 aliphatic rings. The number of furan rings is 1. The third-order valence-electron chi connectivity index (χ3n) is 2.20. The molecule has 0 bridgehead atoms. The summed E-state index contributed by atoms with van der Waals surface area (Å²) in [5.74, 6) is 2.05. The van der Waals surface area contributed by atoms with Crippen molar-refractivity contribution < 1.29 is 9.52 Å². The standard InChI is InChI=1S/C12H11BrO2/c1-8-2-4-11(15-8)7-9-6-10(13)3-5-12(9)14/h2-6,14H,7H2,1H3. The molecular formula is C12H11BrO2. The van der Waals surface area contributed by atoms with E-state index in [9.17, 15) is 5.11 Å². The topological polar surface area (TPSA) is 33.4 Å². The Kier molecular flexibility index (Phi) is 2.82. The number of rotatable bonds is 2. The summed E-state index contributed by atoms with van der Waals surface area (Å²) >= 11 is 3.37. The van der Waals surface area contributed by atoms with Crippen LogP contribution in [0.5, 0.6) is 5.75 Å². The Morgan fingerprint density at radius 2 is 2.07 bits per heavy atom. The number of halogens is 1. The van der Waals surface area contributed by atoms with Gasteiger partial charge in [0.15, 0.2) is 0 Å². The molecule has 0 fully saturated rings. The average molecular weight is 267 g/mol. The first-order valence-electron chi connectivity index (χ1n) is 4.68. The smallest absolute Gasteiger partial charge is 0.119 e. The van der Waals surface area contributed by atoms with E-state index in [1.54, 1.807) is 6.07 Å². The normalized spacial score (nSPS) is 10.5. The van der Waals surface area contributed by atoms with Gasteiger partial charge in [-0.2, -0.15) is 0 Å². The molecule has 15 heavy (non-hydrogen) atoms. The van der Waals surface area contributed by atoms with Crippen LogP contribution < -0.4 is 0 Å². The van der Waals surface area contributed by atoms with E-state index in [-0.39, 0.29) is 0 Å². The number of hydrogen-bond acceptors (Lipinski definition) is 2. The summed E-state index contributed by atoms with van der Waals surface area (Å²) < 4.78 is 6.41. The fourth-order valence-electron chi connectivity index (χ4n) is 1.46. The lowest BCUT2D eigenvalue weighted by Crippen LogP contribution is -1.86. The second-order valence-electron chi connectivity index (χ2n) is 3.46. The molecule has 2 aromatic rings. The molecular weight excluding hydrogens is 256 g/mol. The van der Waals surface area contributed by atoms with Gasteiger partial charge >= 0.3 is 0 Å². The lowest BCUT2D eigenvalue weighted by atomic mass is 10.1. The van der Waals surface area contributed by atoms with Gasteiger partial charge in [-0.15, -0.1) is 0 Å². The predicted octanol–water partition coefficient (Wildman–Crippen LogP) is 3.65. The van der Waals surface area contributed by atoms with Crippen LogP contribution in [0.4, 0.5) is 0 Å². The maximum atomic E-state index is 9.64. The molecule has 0 saturated heterocycles. The minimum atomic E-state index is 0.298. The molecule has 0 atom stereocenters. The molecule has 2 rings (SSSR count). The van der Waals surface area contributed by atoms with Crippen LogP contribution in [0.15, 0.2) is 39.2 Å². The minimum Gasteiger partial charge on any atom is -0.508 e. The van der Waals surface area contributed by atoms with Gasteiger partial charge in [-0.05, 0) is 37.3 Å². The van der Waals surface area contributed by atoms with E-state index in [1.807, 2.05) is 31.2 Å². The molecule has 0 radical (unpaired) electrons. The summed E-state index contributed by atoms with van der Waals surface area (Å²) in [6, 6.07) is 9.23. The Morgan fingerprint density at radius 1 is 1.27 bits per heavy atom. The predicted molar refractivity (Wildman–Crippen MR) is 62.1 cm³/mol. The largest absolute Gasteiger partial charge is 0.508 e. The van der Waals surface area contributed by atoms with E-state index in [4.69, 9.17) is 4.42 Å². The fraction of sp³-hybridized carbons (Fsp3) is 0.167. The number of benzene rings is 1. The maximum Gasteiger partial charge on any atom is 0.119 e. The Hall–Kier alpha value is -1.22. The monoisotopic (exact) mass is 266 g/mol. The van der Waals surface area contributed by atoms with Crippen LogP contribution >= 0.6 is 15.9 Å². The van der Waals surface area contributed by atoms with E-state index in [1.165, 1.54) is 0 Å². The highest BCUT2D eigenvalue weighted by atomic mass is 79.9. The molecule has 1 aromatic heterocycles. The SMILES string of the molecule is Cc1ccc(Cc2cc(Br)ccc2O)o1. The molecule has 1 heterocycles. The molecule has 2 nitrogen and oxygen atoms in total. The first kappa shape index (κ1) is 10.3. The van der Waals surface area contributed by atoms with Gasteiger partial charge in [0.2, 0.25) is 0 Å². The van der Waals surface area contributed by atoms with Crippen molar-refractivity contribution >= 4 is 15.9 Å². The Morgan fingerprint density at radius 3 is 2.73 bits per heavy atom. The number of hydrogen-bond donors (Lipinski definition) is 1. The van der Waals surface area contributed by atoms with Crippen molar-refractivity contribution in [1.29, 1.82) is 0 Å². The number of phenols is 1. The van der Waals surface area contributed by atoms with Crippen LogP contribution in [0.3, 0.4) is 0 Å². The highest BCUT2D eigenvalue weighted by Gasteiger charge is 2.05. The molecule has 0 aliphatic heterocycles. The number of aryl methyl sites for hydroxylation is 1. The van der Waals surface area contributed by atoms with Crippen molar-refractivity contribution in [3.05, 3.63) is 51.9 Å². The van der Waals surface area contributed by atoms with Gasteiger partial charge in [0, 0.05) is 16.5 Å². The minimum absolute atomic E-state index is 0.298. The van der Waals surface area contributed by atoms with Crippen LogP contribution in [0.2, 0.25) is 0 Å². The summed E-state index contributed by atoms with van der Waals surface area (Å²) in [6.45, 7) is 1.91. The summed E-state index contributed by atoms with van der Waals surface area (Å²) in [7, 11) is 0. The summed E-state index contributed by atoms with van der Waals surface area (Å²) in [5, 5.41) is 9.64. The molecule has 3 heteroatoms. The zero-order valence-corrected chi connectivity index (χ0v) is 9.91. The fourth-order valence-corrected chi connectivity index (χ4v) is 1.87. The zero-order valence-electron chi connectivity index (χ0n) is 8.33. The second kappa shape index (κ2) is 4.11. The summed E-state index contributed by atoms with van der Waals surface area (Å²) in [6.07, 6.45) is 0.610. The van der Waals surface area contributed by atoms with Gasteiger partial charge in [0.1, 0.15) is 17.3 Å². The van der Waals surface area contributed by atoms with Crippen molar-refractivity contribution in [1.82, 2.24) is 0 Å². The molecule has 0 aliphatic carbocycles. The number of aromatic hydroxyl groups is 1. The lowest BCUT2D eigenvalue weighted by molar-refractivity contribution is 0.459. The molecule has 78 valence electrons. The molecule has 1 N–H and O–H groups in total. The third-order valence-corrected chi connectivity index (χ3v) is 2.70. The molecule has 1 aromatic carbocycles. The maximum absolute atomic E-state index is 9.64. The van der Waals surface area contributed by atoms with Crippen LogP contribution in [-0.4, -0.2) is 5.11 Å². The van der Waals surface area contributed by atoms with Crippen molar-refractivity contribution in [2.75, 3.05) is 0 Å².